The molecule has 0 fully saturated rings. The van der Waals surface area contributed by atoms with Gasteiger partial charge in [-0.25, -0.2) is 0 Å². The number of fused-ring (bicyclic) bond motifs is 2. The van der Waals surface area contributed by atoms with Crippen LogP contribution >= 0.6 is 0 Å². The van der Waals surface area contributed by atoms with Crippen molar-refractivity contribution in [1.82, 2.24) is 5.16 Å². The molecule has 0 bridgehead atoms. The number of anilines is 2. The average Bonchev–Trinajstić information content (AvgIpc) is 3.13. The average molecular weight is 356 g/mol. The quantitative estimate of drug-likeness (QED) is 0.480. The third-order valence-corrected chi connectivity index (χ3v) is 4.73. The van der Waals surface area contributed by atoms with Crippen LogP contribution in [0.1, 0.15) is 22.8 Å². The maximum atomic E-state index is 13.2. The summed E-state index contributed by atoms with van der Waals surface area (Å²) in [6.07, 6.45) is 0. The molecule has 4 aromatic rings. The number of carbonyl (C=O) groups excluding carboxylic acids is 1. The predicted molar refractivity (Wildman–Crippen MR) is 104 cm³/mol. The third-order valence-electron chi connectivity index (χ3n) is 4.73. The van der Waals surface area contributed by atoms with Gasteiger partial charge in [0.2, 0.25) is 0 Å². The van der Waals surface area contributed by atoms with Crippen molar-refractivity contribution >= 4 is 28.1 Å². The molecule has 0 amide bonds. The molecule has 5 rings (SSSR count). The highest BCUT2D eigenvalue weighted by Gasteiger charge is 2.31. The molecule has 0 saturated carbocycles. The molecule has 0 aliphatic heterocycles. The van der Waals surface area contributed by atoms with E-state index in [4.69, 9.17) is 9.26 Å². The summed E-state index contributed by atoms with van der Waals surface area (Å²) in [4.78, 5) is 13.2. The molecule has 1 aromatic heterocycles. The number of carbonyl (C=O) groups is 1. The molecule has 0 spiro atoms. The second kappa shape index (κ2) is 5.99. The number of hydrogen-bond acceptors (Lipinski definition) is 5. The van der Waals surface area contributed by atoms with Crippen LogP contribution in [0, 0.1) is 0 Å². The lowest BCUT2D eigenvalue weighted by atomic mass is 9.87. The van der Waals surface area contributed by atoms with Crippen LogP contribution in [0.2, 0.25) is 0 Å². The maximum absolute atomic E-state index is 13.2. The number of nitrogens with one attached hydrogen (secondary N) is 1. The van der Waals surface area contributed by atoms with E-state index in [1.54, 1.807) is 0 Å². The fraction of sp³-hybridized carbons (Fsp3) is 0.0909. The Labute approximate surface area is 155 Å². The van der Waals surface area contributed by atoms with Gasteiger partial charge in [0.05, 0.1) is 23.2 Å². The molecule has 0 saturated heterocycles. The molecule has 1 N–H and O–H groups in total. The zero-order valence-corrected chi connectivity index (χ0v) is 14.7. The van der Waals surface area contributed by atoms with E-state index in [1.807, 2.05) is 67.6 Å². The van der Waals surface area contributed by atoms with E-state index in [9.17, 15) is 4.79 Å². The number of rotatable bonds is 4. The number of benzene rings is 3. The Morgan fingerprint density at radius 1 is 1.00 bits per heavy atom. The SMILES string of the molecule is CCOc1ccc(Nc2ccc3noc4c3c2C(=O)c2ccccc2-4)cc1. The molecule has 1 aliphatic carbocycles. The van der Waals surface area contributed by atoms with Crippen molar-refractivity contribution in [3.63, 3.8) is 0 Å². The smallest absolute Gasteiger partial charge is 0.196 e. The van der Waals surface area contributed by atoms with Gasteiger partial charge in [0.25, 0.3) is 0 Å². The molecule has 1 heterocycles. The highest BCUT2D eigenvalue weighted by Crippen LogP contribution is 2.42. The van der Waals surface area contributed by atoms with E-state index in [2.05, 4.69) is 10.5 Å². The summed E-state index contributed by atoms with van der Waals surface area (Å²) >= 11 is 0. The van der Waals surface area contributed by atoms with Gasteiger partial charge in [0.1, 0.15) is 11.3 Å². The Balaban J connectivity index is 1.63. The van der Waals surface area contributed by atoms with E-state index < -0.39 is 0 Å². The minimum Gasteiger partial charge on any atom is -0.494 e. The van der Waals surface area contributed by atoms with Gasteiger partial charge < -0.3 is 14.6 Å². The van der Waals surface area contributed by atoms with E-state index in [1.165, 1.54) is 0 Å². The van der Waals surface area contributed by atoms with Crippen molar-refractivity contribution in [3.8, 4) is 17.1 Å². The highest BCUT2D eigenvalue weighted by molar-refractivity contribution is 6.27. The first kappa shape index (κ1) is 15.6. The molecule has 1 aliphatic rings. The number of nitrogens with zero attached hydrogens (tertiary/aromatic N) is 1. The summed E-state index contributed by atoms with van der Waals surface area (Å²) in [5.74, 6) is 1.43. The van der Waals surface area contributed by atoms with Gasteiger partial charge in [-0.05, 0) is 43.3 Å². The van der Waals surface area contributed by atoms with Crippen molar-refractivity contribution < 1.29 is 14.1 Å². The van der Waals surface area contributed by atoms with Crippen LogP contribution in [0.5, 0.6) is 5.75 Å². The minimum atomic E-state index is -0.0275. The summed E-state index contributed by atoms with van der Waals surface area (Å²) in [5, 5.41) is 8.24. The van der Waals surface area contributed by atoms with Crippen LogP contribution in [-0.4, -0.2) is 17.5 Å². The van der Waals surface area contributed by atoms with Gasteiger partial charge in [-0.1, -0.05) is 29.4 Å². The normalized spacial score (nSPS) is 12.1. The van der Waals surface area contributed by atoms with Crippen LogP contribution in [0.4, 0.5) is 11.4 Å². The number of ether oxygens (including phenoxy) is 1. The first-order valence-corrected chi connectivity index (χ1v) is 8.82. The van der Waals surface area contributed by atoms with Gasteiger partial charge in [-0.2, -0.15) is 0 Å². The van der Waals surface area contributed by atoms with E-state index in [0.29, 0.717) is 29.0 Å². The van der Waals surface area contributed by atoms with E-state index in [-0.39, 0.29) is 5.78 Å². The monoisotopic (exact) mass is 356 g/mol. The lowest BCUT2D eigenvalue weighted by Crippen LogP contribution is -2.11. The van der Waals surface area contributed by atoms with Gasteiger partial charge >= 0.3 is 0 Å². The molecular weight excluding hydrogens is 340 g/mol. The molecule has 0 radical (unpaired) electrons. The van der Waals surface area contributed by atoms with Crippen LogP contribution in [0.3, 0.4) is 0 Å². The van der Waals surface area contributed by atoms with Gasteiger partial charge in [-0.3, -0.25) is 4.79 Å². The summed E-state index contributed by atoms with van der Waals surface area (Å²) in [5.41, 5.74) is 4.30. The first-order valence-electron chi connectivity index (χ1n) is 8.82. The fourth-order valence-electron chi connectivity index (χ4n) is 3.53. The minimum absolute atomic E-state index is 0.0275. The van der Waals surface area contributed by atoms with Gasteiger partial charge in [-0.15, -0.1) is 0 Å². The fourth-order valence-corrected chi connectivity index (χ4v) is 3.53. The highest BCUT2D eigenvalue weighted by atomic mass is 16.5. The number of hydrogen-bond donors (Lipinski definition) is 1. The standard InChI is InChI=1S/C22H16N2O3/c1-2-26-14-9-7-13(8-10-14)23-17-11-12-18-20-19(17)21(25)15-5-3-4-6-16(15)22(20)27-24-18/h3-12,23H,2H2,1H3. The zero-order chi connectivity index (χ0) is 18.4. The molecule has 3 aromatic carbocycles. The summed E-state index contributed by atoms with van der Waals surface area (Å²) in [6.45, 7) is 2.57. The Morgan fingerprint density at radius 3 is 2.56 bits per heavy atom. The number of ketones is 1. The molecule has 5 heteroatoms. The molecule has 5 nitrogen and oxygen atoms in total. The van der Waals surface area contributed by atoms with Crippen molar-refractivity contribution in [2.24, 2.45) is 0 Å². The lowest BCUT2D eigenvalue weighted by Gasteiger charge is -2.18. The van der Waals surface area contributed by atoms with E-state index >= 15 is 0 Å². The van der Waals surface area contributed by atoms with E-state index in [0.717, 1.165) is 28.1 Å². The van der Waals surface area contributed by atoms with Crippen molar-refractivity contribution in [2.45, 2.75) is 6.92 Å². The summed E-state index contributed by atoms with van der Waals surface area (Å²) in [7, 11) is 0. The van der Waals surface area contributed by atoms with Crippen molar-refractivity contribution in [2.75, 3.05) is 11.9 Å². The van der Waals surface area contributed by atoms with Crippen molar-refractivity contribution in [3.05, 3.63) is 71.8 Å². The third kappa shape index (κ3) is 2.39. The molecule has 0 unspecified atom stereocenters. The summed E-state index contributed by atoms with van der Waals surface area (Å²) in [6, 6.07) is 18.9. The topological polar surface area (TPSA) is 64.4 Å². The maximum Gasteiger partial charge on any atom is 0.196 e. The van der Waals surface area contributed by atoms with Crippen molar-refractivity contribution in [1.29, 1.82) is 0 Å². The molecular formula is C22H16N2O3. The number of aromatic nitrogens is 1. The van der Waals surface area contributed by atoms with Crippen LogP contribution in [-0.2, 0) is 0 Å². The molecule has 27 heavy (non-hydrogen) atoms. The summed E-state index contributed by atoms with van der Waals surface area (Å²) < 4.78 is 11.1. The van der Waals surface area contributed by atoms with Crippen LogP contribution in [0.15, 0.2) is 65.2 Å². The Hall–Kier alpha value is -3.60. The van der Waals surface area contributed by atoms with Crippen LogP contribution in [0.25, 0.3) is 22.2 Å². The van der Waals surface area contributed by atoms with Crippen LogP contribution < -0.4 is 10.1 Å². The Bertz CT molecular complexity index is 1180. The van der Waals surface area contributed by atoms with Gasteiger partial charge in [0, 0.05) is 16.8 Å². The van der Waals surface area contributed by atoms with Gasteiger partial charge in [0.15, 0.2) is 11.5 Å². The lowest BCUT2D eigenvalue weighted by molar-refractivity contribution is 0.104. The zero-order valence-electron chi connectivity index (χ0n) is 14.7. The predicted octanol–water partition coefficient (Wildman–Crippen LogP) is 5.18. The second-order valence-electron chi connectivity index (χ2n) is 6.35. The Kier molecular flexibility index (Phi) is 3.47. The second-order valence-corrected chi connectivity index (χ2v) is 6.35. The molecule has 0 atom stereocenters. The largest absolute Gasteiger partial charge is 0.494 e. The first-order chi connectivity index (χ1) is 13.3. The Morgan fingerprint density at radius 2 is 1.78 bits per heavy atom. The molecule has 132 valence electrons.